The van der Waals surface area contributed by atoms with Crippen LogP contribution < -0.4 is 5.32 Å². The predicted molar refractivity (Wildman–Crippen MR) is 141 cm³/mol. The van der Waals surface area contributed by atoms with Crippen LogP contribution >= 0.6 is 11.6 Å². The minimum Gasteiger partial charge on any atom is -0.321 e. The standard InChI is InChI=1S/C28H29ClN4O/c1-4-5-6-20-9-14-23(15-10-20)33-31-26-17-24(29)25(18-27(26)32-33)30-28(34)16-11-21-7-12-22(13-8-21)19(2)3/h7-19H,4-6H2,1-3H3,(H,30,34)/b16-11+. The predicted octanol–water partition coefficient (Wildman–Crippen LogP) is 7.19. The summed E-state index contributed by atoms with van der Waals surface area (Å²) in [6.07, 6.45) is 6.71. The third-order valence-electron chi connectivity index (χ3n) is 5.74. The molecule has 0 unspecified atom stereocenters. The lowest BCUT2D eigenvalue weighted by molar-refractivity contribution is -0.111. The molecule has 0 atom stereocenters. The fourth-order valence-electron chi connectivity index (χ4n) is 3.66. The van der Waals surface area contributed by atoms with E-state index in [0.717, 1.165) is 17.7 Å². The van der Waals surface area contributed by atoms with Gasteiger partial charge in [0.05, 0.1) is 16.4 Å². The van der Waals surface area contributed by atoms with E-state index in [0.29, 0.717) is 27.7 Å². The number of nitrogens with zero attached hydrogens (tertiary/aromatic N) is 3. The summed E-state index contributed by atoms with van der Waals surface area (Å²) in [4.78, 5) is 14.1. The van der Waals surface area contributed by atoms with E-state index in [4.69, 9.17) is 11.6 Å². The lowest BCUT2D eigenvalue weighted by atomic mass is 10.0. The second-order valence-electron chi connectivity index (χ2n) is 8.72. The van der Waals surface area contributed by atoms with Gasteiger partial charge in [-0.2, -0.15) is 4.80 Å². The molecule has 0 spiro atoms. The maximum Gasteiger partial charge on any atom is 0.248 e. The molecule has 0 fully saturated rings. The van der Waals surface area contributed by atoms with E-state index in [1.807, 2.05) is 24.3 Å². The van der Waals surface area contributed by atoms with Crippen LogP contribution in [0.3, 0.4) is 0 Å². The van der Waals surface area contributed by atoms with Crippen molar-refractivity contribution in [2.45, 2.75) is 46.0 Å². The number of hydrogen-bond donors (Lipinski definition) is 1. The van der Waals surface area contributed by atoms with Crippen molar-refractivity contribution in [3.05, 3.63) is 88.5 Å². The number of nitrogens with one attached hydrogen (secondary N) is 1. The van der Waals surface area contributed by atoms with Crippen LogP contribution in [0.1, 0.15) is 56.2 Å². The number of aromatic nitrogens is 3. The van der Waals surface area contributed by atoms with Gasteiger partial charge in [0.15, 0.2) is 0 Å². The highest BCUT2D eigenvalue weighted by Crippen LogP contribution is 2.27. The minimum atomic E-state index is -0.260. The van der Waals surface area contributed by atoms with Crippen LogP contribution in [0.2, 0.25) is 5.02 Å². The summed E-state index contributed by atoms with van der Waals surface area (Å²) in [6, 6.07) is 19.9. The molecular weight excluding hydrogens is 444 g/mol. The molecule has 1 aromatic heterocycles. The van der Waals surface area contributed by atoms with Gasteiger partial charge in [0.25, 0.3) is 0 Å². The molecular formula is C28H29ClN4O. The van der Waals surface area contributed by atoms with Crippen LogP contribution in [-0.2, 0) is 11.2 Å². The summed E-state index contributed by atoms with van der Waals surface area (Å²) in [6.45, 7) is 6.50. The fourth-order valence-corrected chi connectivity index (χ4v) is 3.87. The number of hydrogen-bond acceptors (Lipinski definition) is 3. The number of fused-ring (bicyclic) bond motifs is 1. The normalized spacial score (nSPS) is 11.6. The van der Waals surface area contributed by atoms with Crippen molar-refractivity contribution in [1.29, 1.82) is 0 Å². The van der Waals surface area contributed by atoms with Gasteiger partial charge in [-0.05, 0) is 65.8 Å². The van der Waals surface area contributed by atoms with Gasteiger partial charge in [-0.25, -0.2) is 0 Å². The van der Waals surface area contributed by atoms with Crippen molar-refractivity contribution < 1.29 is 4.79 Å². The highest BCUT2D eigenvalue weighted by molar-refractivity contribution is 6.34. The van der Waals surface area contributed by atoms with Gasteiger partial charge in [0.1, 0.15) is 11.0 Å². The second kappa shape index (κ2) is 10.7. The molecule has 1 N–H and O–H groups in total. The fraction of sp³-hybridized carbons (Fsp3) is 0.250. The summed E-state index contributed by atoms with van der Waals surface area (Å²) < 4.78 is 0. The second-order valence-corrected chi connectivity index (χ2v) is 9.13. The largest absolute Gasteiger partial charge is 0.321 e. The van der Waals surface area contributed by atoms with Gasteiger partial charge in [0.2, 0.25) is 5.91 Å². The van der Waals surface area contributed by atoms with Gasteiger partial charge in [-0.15, -0.1) is 10.2 Å². The van der Waals surface area contributed by atoms with E-state index in [2.05, 4.69) is 60.6 Å². The van der Waals surface area contributed by atoms with E-state index in [9.17, 15) is 4.79 Å². The number of anilines is 1. The lowest BCUT2D eigenvalue weighted by Crippen LogP contribution is -2.08. The molecule has 0 radical (unpaired) electrons. The number of rotatable bonds is 8. The summed E-state index contributed by atoms with van der Waals surface area (Å²) in [5.74, 6) is 0.214. The Morgan fingerprint density at radius 1 is 1.03 bits per heavy atom. The number of amides is 1. The number of aryl methyl sites for hydroxylation is 1. The molecule has 1 amide bonds. The van der Waals surface area contributed by atoms with Crippen molar-refractivity contribution in [2.24, 2.45) is 0 Å². The number of carbonyl (C=O) groups is 1. The van der Waals surface area contributed by atoms with Crippen LogP contribution in [0.15, 0.2) is 66.7 Å². The van der Waals surface area contributed by atoms with E-state index < -0.39 is 0 Å². The molecule has 0 saturated heterocycles. The van der Waals surface area contributed by atoms with Crippen molar-refractivity contribution in [2.75, 3.05) is 5.32 Å². The third-order valence-corrected chi connectivity index (χ3v) is 6.06. The van der Waals surface area contributed by atoms with Crippen LogP contribution in [0.25, 0.3) is 22.8 Å². The van der Waals surface area contributed by atoms with Crippen LogP contribution in [0.4, 0.5) is 5.69 Å². The molecule has 0 bridgehead atoms. The first-order valence-corrected chi connectivity index (χ1v) is 12.1. The van der Waals surface area contributed by atoms with E-state index >= 15 is 0 Å². The van der Waals surface area contributed by atoms with Crippen molar-refractivity contribution in [1.82, 2.24) is 15.0 Å². The average molecular weight is 473 g/mol. The van der Waals surface area contributed by atoms with Crippen LogP contribution in [-0.4, -0.2) is 20.9 Å². The first-order valence-electron chi connectivity index (χ1n) is 11.7. The Morgan fingerprint density at radius 2 is 1.71 bits per heavy atom. The maximum atomic E-state index is 12.5. The van der Waals surface area contributed by atoms with E-state index in [1.54, 1.807) is 23.0 Å². The highest BCUT2D eigenvalue weighted by atomic mass is 35.5. The monoisotopic (exact) mass is 472 g/mol. The Hall–Kier alpha value is -3.44. The molecule has 4 aromatic rings. The van der Waals surface area contributed by atoms with Gasteiger partial charge >= 0.3 is 0 Å². The summed E-state index contributed by atoms with van der Waals surface area (Å²) in [7, 11) is 0. The molecule has 4 rings (SSSR count). The zero-order chi connectivity index (χ0) is 24.1. The zero-order valence-electron chi connectivity index (χ0n) is 19.8. The smallest absolute Gasteiger partial charge is 0.248 e. The van der Waals surface area contributed by atoms with Crippen molar-refractivity contribution in [3.8, 4) is 5.69 Å². The number of unbranched alkanes of at least 4 members (excludes halogenated alkanes) is 1. The molecule has 5 nitrogen and oxygen atoms in total. The first-order chi connectivity index (χ1) is 16.4. The molecule has 34 heavy (non-hydrogen) atoms. The zero-order valence-corrected chi connectivity index (χ0v) is 20.5. The number of benzene rings is 3. The Balaban J connectivity index is 1.47. The van der Waals surface area contributed by atoms with Crippen molar-refractivity contribution in [3.63, 3.8) is 0 Å². The molecule has 174 valence electrons. The molecule has 0 aliphatic heterocycles. The van der Waals surface area contributed by atoms with Crippen LogP contribution in [0.5, 0.6) is 0 Å². The lowest BCUT2D eigenvalue weighted by Gasteiger charge is -2.05. The molecule has 0 saturated carbocycles. The molecule has 1 heterocycles. The summed E-state index contributed by atoms with van der Waals surface area (Å²) in [5, 5.41) is 12.4. The molecule has 0 aliphatic rings. The Labute approximate surface area is 205 Å². The number of halogens is 1. The number of carbonyl (C=O) groups excluding carboxylic acids is 1. The average Bonchev–Trinajstić information content (AvgIpc) is 3.25. The van der Waals surface area contributed by atoms with Gasteiger partial charge in [-0.3, -0.25) is 4.79 Å². The van der Waals surface area contributed by atoms with Gasteiger partial charge in [0, 0.05) is 6.08 Å². The maximum absolute atomic E-state index is 12.5. The summed E-state index contributed by atoms with van der Waals surface area (Å²) in [5.41, 5.74) is 6.23. The highest BCUT2D eigenvalue weighted by Gasteiger charge is 2.11. The third kappa shape index (κ3) is 5.72. The SMILES string of the molecule is CCCCc1ccc(-n2nc3cc(Cl)c(NC(=O)/C=C/c4ccc(C(C)C)cc4)cc3n2)cc1. The Morgan fingerprint density at radius 3 is 2.35 bits per heavy atom. The van der Waals surface area contributed by atoms with E-state index in [1.165, 1.54) is 30.0 Å². The quantitative estimate of drug-likeness (QED) is 0.276. The molecule has 0 aliphatic carbocycles. The Bertz CT molecular complexity index is 1310. The molecule has 6 heteroatoms. The van der Waals surface area contributed by atoms with Gasteiger partial charge < -0.3 is 5.32 Å². The van der Waals surface area contributed by atoms with E-state index in [-0.39, 0.29) is 5.91 Å². The van der Waals surface area contributed by atoms with Gasteiger partial charge in [-0.1, -0.05) is 75.2 Å². The topological polar surface area (TPSA) is 59.8 Å². The summed E-state index contributed by atoms with van der Waals surface area (Å²) >= 11 is 6.42. The van der Waals surface area contributed by atoms with Crippen molar-refractivity contribution >= 4 is 40.3 Å². The Kier molecular flexibility index (Phi) is 7.43. The first kappa shape index (κ1) is 23.7. The minimum absolute atomic E-state index is 0.260. The van der Waals surface area contributed by atoms with Crippen LogP contribution in [0, 0.1) is 0 Å². The molecule has 3 aromatic carbocycles.